The second-order valence-electron chi connectivity index (χ2n) is 6.52. The first kappa shape index (κ1) is 20.6. The first-order valence-corrected chi connectivity index (χ1v) is 9.01. The zero-order valence-corrected chi connectivity index (χ0v) is 15.5. The van der Waals surface area contributed by atoms with Crippen molar-refractivity contribution >= 4 is 29.1 Å². The van der Waals surface area contributed by atoms with Crippen molar-refractivity contribution in [3.63, 3.8) is 0 Å². The summed E-state index contributed by atoms with van der Waals surface area (Å²) in [6.45, 7) is 4.98. The highest BCUT2D eigenvalue weighted by atomic mass is 35.5. The molecule has 0 unspecified atom stereocenters. The molecule has 8 heteroatoms. The van der Waals surface area contributed by atoms with Crippen molar-refractivity contribution in [1.29, 1.82) is 0 Å². The number of rotatable bonds is 7. The lowest BCUT2D eigenvalue weighted by Crippen LogP contribution is -2.43. The summed E-state index contributed by atoms with van der Waals surface area (Å²) in [5.41, 5.74) is -2.24. The molecule has 1 aromatic carbocycles. The van der Waals surface area contributed by atoms with Crippen molar-refractivity contribution in [2.45, 2.75) is 45.7 Å². The van der Waals surface area contributed by atoms with Crippen LogP contribution in [0.15, 0.2) is 18.2 Å². The van der Waals surface area contributed by atoms with Gasteiger partial charge in [0.1, 0.15) is 5.41 Å². The quantitative estimate of drug-likeness (QED) is 0.684. The second-order valence-corrected chi connectivity index (χ2v) is 6.93. The fraction of sp³-hybridized carbons (Fsp3) is 0.556. The molecule has 2 rings (SSSR count). The van der Waals surface area contributed by atoms with E-state index in [1.807, 2.05) is 13.8 Å². The fourth-order valence-corrected chi connectivity index (χ4v) is 3.02. The Kier molecular flexibility index (Phi) is 6.21. The third-order valence-electron chi connectivity index (χ3n) is 4.41. The number of carbonyl (C=O) groups is 2. The van der Waals surface area contributed by atoms with E-state index in [-0.39, 0.29) is 16.6 Å². The number of alkyl halides is 3. The number of amides is 2. The summed E-state index contributed by atoms with van der Waals surface area (Å²) in [6, 6.07) is 2.72. The van der Waals surface area contributed by atoms with Crippen molar-refractivity contribution in [1.82, 2.24) is 4.90 Å². The third-order valence-corrected chi connectivity index (χ3v) is 4.74. The van der Waals surface area contributed by atoms with Gasteiger partial charge in [-0.25, -0.2) is 0 Å². The number of benzene rings is 1. The summed E-state index contributed by atoms with van der Waals surface area (Å²) < 4.78 is 38.6. The summed E-state index contributed by atoms with van der Waals surface area (Å²) >= 11 is 5.93. The van der Waals surface area contributed by atoms with Crippen molar-refractivity contribution < 1.29 is 22.8 Å². The van der Waals surface area contributed by atoms with Gasteiger partial charge < -0.3 is 10.2 Å². The maximum absolute atomic E-state index is 12.9. The summed E-state index contributed by atoms with van der Waals surface area (Å²) in [5, 5.41) is 2.42. The van der Waals surface area contributed by atoms with Crippen LogP contribution in [0.2, 0.25) is 5.02 Å². The van der Waals surface area contributed by atoms with Gasteiger partial charge in [0.15, 0.2) is 0 Å². The van der Waals surface area contributed by atoms with E-state index in [0.717, 1.165) is 31.0 Å². The summed E-state index contributed by atoms with van der Waals surface area (Å²) in [7, 11) is 0. The minimum Gasteiger partial charge on any atom is -0.342 e. The molecule has 1 aliphatic rings. The molecule has 144 valence electrons. The van der Waals surface area contributed by atoms with Crippen molar-refractivity contribution in [3.05, 3.63) is 28.8 Å². The van der Waals surface area contributed by atoms with Gasteiger partial charge in [-0.3, -0.25) is 9.59 Å². The lowest BCUT2D eigenvalue weighted by Gasteiger charge is -2.26. The number of halogens is 4. The Labute approximate surface area is 155 Å². The van der Waals surface area contributed by atoms with E-state index in [1.54, 1.807) is 4.90 Å². The first-order valence-electron chi connectivity index (χ1n) is 8.63. The number of hydrogen-bond donors (Lipinski definition) is 1. The predicted octanol–water partition coefficient (Wildman–Crippen LogP) is 4.73. The molecule has 0 bridgehead atoms. The molecule has 2 amide bonds. The largest absolute Gasteiger partial charge is 0.416 e. The molecular formula is C18H22ClF3N2O2. The summed E-state index contributed by atoms with van der Waals surface area (Å²) in [4.78, 5) is 27.1. The second kappa shape index (κ2) is 7.86. The number of anilines is 1. The Morgan fingerprint density at radius 3 is 2.23 bits per heavy atom. The van der Waals surface area contributed by atoms with E-state index in [2.05, 4.69) is 5.32 Å². The van der Waals surface area contributed by atoms with Crippen LogP contribution >= 0.6 is 11.6 Å². The summed E-state index contributed by atoms with van der Waals surface area (Å²) in [5.74, 6) is -0.859. The lowest BCUT2D eigenvalue weighted by atomic mass is 10.0. The van der Waals surface area contributed by atoms with Gasteiger partial charge in [-0.15, -0.1) is 0 Å². The van der Waals surface area contributed by atoms with Crippen molar-refractivity contribution in [3.8, 4) is 0 Å². The van der Waals surface area contributed by atoms with Crippen LogP contribution in [0.4, 0.5) is 18.9 Å². The van der Waals surface area contributed by atoms with Crippen LogP contribution in [0.25, 0.3) is 0 Å². The maximum Gasteiger partial charge on any atom is 0.416 e. The van der Waals surface area contributed by atoms with Gasteiger partial charge in [0.2, 0.25) is 11.8 Å². The zero-order valence-electron chi connectivity index (χ0n) is 14.8. The lowest BCUT2D eigenvalue weighted by molar-refractivity contribution is -0.142. The Bertz CT molecular complexity index is 682. The van der Waals surface area contributed by atoms with Gasteiger partial charge >= 0.3 is 6.18 Å². The van der Waals surface area contributed by atoms with E-state index in [4.69, 9.17) is 11.6 Å². The van der Waals surface area contributed by atoms with E-state index in [9.17, 15) is 22.8 Å². The predicted molar refractivity (Wildman–Crippen MR) is 93.9 cm³/mol. The molecule has 26 heavy (non-hydrogen) atoms. The number of carbonyl (C=O) groups excluding carboxylic acids is 2. The Hall–Kier alpha value is -1.76. The Morgan fingerprint density at radius 1 is 1.19 bits per heavy atom. The third kappa shape index (κ3) is 4.31. The molecule has 0 spiro atoms. The molecule has 0 aromatic heterocycles. The molecule has 0 radical (unpaired) electrons. The van der Waals surface area contributed by atoms with Gasteiger partial charge in [-0.2, -0.15) is 13.2 Å². The average Bonchev–Trinajstić information content (AvgIpc) is 3.37. The molecule has 1 fully saturated rings. The fourth-order valence-electron chi connectivity index (χ4n) is 2.86. The standard InChI is InChI=1S/C18H22ClF3N2O2/c1-3-9-24(10-4-2)16(26)17(7-8-17)15(25)23-14-11-12(18(20,21)22)5-6-13(14)19/h5-6,11H,3-4,7-10H2,1-2H3,(H,23,25). The molecular weight excluding hydrogens is 369 g/mol. The van der Waals surface area contributed by atoms with Crippen LogP contribution in [-0.4, -0.2) is 29.8 Å². The van der Waals surface area contributed by atoms with E-state index in [0.29, 0.717) is 25.9 Å². The van der Waals surface area contributed by atoms with Crippen LogP contribution in [0.1, 0.15) is 45.1 Å². The molecule has 0 aliphatic heterocycles. The number of hydrogen-bond acceptors (Lipinski definition) is 2. The average molecular weight is 391 g/mol. The highest BCUT2D eigenvalue weighted by molar-refractivity contribution is 6.34. The smallest absolute Gasteiger partial charge is 0.342 e. The number of nitrogens with one attached hydrogen (secondary N) is 1. The minimum absolute atomic E-state index is 0.00595. The molecule has 1 saturated carbocycles. The SMILES string of the molecule is CCCN(CCC)C(=O)C1(C(=O)Nc2cc(C(F)(F)F)ccc2Cl)CC1. The van der Waals surface area contributed by atoms with Crippen molar-refractivity contribution in [2.75, 3.05) is 18.4 Å². The zero-order chi connectivity index (χ0) is 19.5. The minimum atomic E-state index is -4.55. The molecule has 0 saturated heterocycles. The van der Waals surface area contributed by atoms with Gasteiger partial charge in [-0.1, -0.05) is 25.4 Å². The Balaban J connectivity index is 2.20. The van der Waals surface area contributed by atoms with Gasteiger partial charge in [-0.05, 0) is 43.9 Å². The highest BCUT2D eigenvalue weighted by Gasteiger charge is 2.58. The van der Waals surface area contributed by atoms with E-state index < -0.39 is 23.1 Å². The highest BCUT2D eigenvalue weighted by Crippen LogP contribution is 2.48. The molecule has 4 nitrogen and oxygen atoms in total. The monoisotopic (exact) mass is 390 g/mol. The molecule has 0 atom stereocenters. The number of nitrogens with zero attached hydrogens (tertiary/aromatic N) is 1. The topological polar surface area (TPSA) is 49.4 Å². The molecule has 1 N–H and O–H groups in total. The summed E-state index contributed by atoms with van der Waals surface area (Å²) in [6.07, 6.45) is -2.24. The van der Waals surface area contributed by atoms with Crippen LogP contribution in [-0.2, 0) is 15.8 Å². The normalized spacial score (nSPS) is 15.5. The maximum atomic E-state index is 12.9. The van der Waals surface area contributed by atoms with Crippen LogP contribution in [0.5, 0.6) is 0 Å². The van der Waals surface area contributed by atoms with Crippen molar-refractivity contribution in [2.24, 2.45) is 5.41 Å². The van der Waals surface area contributed by atoms with Gasteiger partial charge in [0, 0.05) is 13.1 Å². The molecule has 1 aliphatic carbocycles. The van der Waals surface area contributed by atoms with Crippen LogP contribution in [0.3, 0.4) is 0 Å². The van der Waals surface area contributed by atoms with Crippen LogP contribution < -0.4 is 5.32 Å². The first-order chi connectivity index (χ1) is 12.2. The van der Waals surface area contributed by atoms with Gasteiger partial charge in [0.05, 0.1) is 16.3 Å². The van der Waals surface area contributed by atoms with E-state index >= 15 is 0 Å². The Morgan fingerprint density at radius 2 is 1.77 bits per heavy atom. The van der Waals surface area contributed by atoms with Gasteiger partial charge in [0.25, 0.3) is 0 Å². The molecule has 1 aromatic rings. The van der Waals surface area contributed by atoms with Crippen LogP contribution in [0, 0.1) is 5.41 Å². The molecule has 0 heterocycles. The van der Waals surface area contributed by atoms with E-state index in [1.165, 1.54) is 0 Å².